The van der Waals surface area contributed by atoms with Crippen LogP contribution in [0.25, 0.3) is 0 Å². The summed E-state index contributed by atoms with van der Waals surface area (Å²) in [6, 6.07) is 6.08. The summed E-state index contributed by atoms with van der Waals surface area (Å²) in [7, 11) is -2.27. The predicted octanol–water partition coefficient (Wildman–Crippen LogP) is 2.02. The molecule has 5 nitrogen and oxygen atoms in total. The Hall–Kier alpha value is -1.11. The molecule has 0 heterocycles. The number of nitrogens with zero attached hydrogens (tertiary/aromatic N) is 1. The molecule has 0 saturated heterocycles. The van der Waals surface area contributed by atoms with Crippen molar-refractivity contribution in [1.82, 2.24) is 9.62 Å². The van der Waals surface area contributed by atoms with E-state index in [0.717, 1.165) is 30.0 Å². The topological polar surface area (TPSA) is 66.5 Å². The van der Waals surface area contributed by atoms with Gasteiger partial charge in [-0.1, -0.05) is 24.4 Å². The molecule has 0 atom stereocenters. The third kappa shape index (κ3) is 4.18. The molecule has 0 unspecified atom stereocenters. The van der Waals surface area contributed by atoms with Crippen molar-refractivity contribution in [2.24, 2.45) is 0 Å². The minimum absolute atomic E-state index is 0.128. The monoisotopic (exact) mass is 330 g/mol. The number of nitrogens with one attached hydrogen (secondary N) is 1. The molecule has 1 fully saturated rings. The molecular weight excluding hydrogens is 312 g/mol. The third-order valence-electron chi connectivity index (χ3n) is 3.61. The van der Waals surface area contributed by atoms with Gasteiger partial charge in [0.15, 0.2) is 0 Å². The van der Waals surface area contributed by atoms with Crippen LogP contribution in [-0.4, -0.2) is 38.3 Å². The second kappa shape index (κ2) is 6.77. The molecule has 7 heteroatoms. The maximum Gasteiger partial charge on any atom is 0.243 e. The first kappa shape index (κ1) is 16.3. The van der Waals surface area contributed by atoms with Crippen molar-refractivity contribution in [3.05, 3.63) is 29.3 Å². The van der Waals surface area contributed by atoms with E-state index in [1.165, 1.54) is 31.3 Å². The van der Waals surface area contributed by atoms with Crippen molar-refractivity contribution in [3.63, 3.8) is 0 Å². The van der Waals surface area contributed by atoms with E-state index < -0.39 is 10.0 Å². The molecule has 2 rings (SSSR count). The lowest BCUT2D eigenvalue weighted by Crippen LogP contribution is -2.41. The molecule has 0 radical (unpaired) electrons. The first-order valence-corrected chi connectivity index (χ1v) is 8.72. The summed E-state index contributed by atoms with van der Waals surface area (Å²) in [6.45, 7) is -0.179. The molecule has 1 aliphatic carbocycles. The largest absolute Gasteiger partial charge is 0.352 e. The molecule has 0 bridgehead atoms. The zero-order valence-electron chi connectivity index (χ0n) is 11.9. The quantitative estimate of drug-likeness (QED) is 0.898. The summed E-state index contributed by atoms with van der Waals surface area (Å²) in [4.78, 5) is 12.0. The van der Waals surface area contributed by atoms with E-state index in [4.69, 9.17) is 11.6 Å². The summed E-state index contributed by atoms with van der Waals surface area (Å²) in [5.74, 6) is -0.262. The van der Waals surface area contributed by atoms with Gasteiger partial charge in [-0.05, 0) is 37.1 Å². The number of halogens is 1. The minimum Gasteiger partial charge on any atom is -0.352 e. The van der Waals surface area contributed by atoms with Crippen molar-refractivity contribution in [2.45, 2.75) is 36.6 Å². The highest BCUT2D eigenvalue weighted by Crippen LogP contribution is 2.19. The van der Waals surface area contributed by atoms with Gasteiger partial charge in [0, 0.05) is 18.1 Å². The van der Waals surface area contributed by atoms with Crippen LogP contribution >= 0.6 is 11.6 Å². The van der Waals surface area contributed by atoms with Gasteiger partial charge in [0.2, 0.25) is 15.9 Å². The Morgan fingerprint density at radius 3 is 2.43 bits per heavy atom. The number of carbonyl (C=O) groups is 1. The number of likely N-dealkylation sites (N-methyl/N-ethyl adjacent to an activating group) is 1. The zero-order chi connectivity index (χ0) is 15.5. The van der Waals surface area contributed by atoms with Crippen LogP contribution in [-0.2, 0) is 14.8 Å². The van der Waals surface area contributed by atoms with E-state index in [0.29, 0.717) is 5.02 Å². The van der Waals surface area contributed by atoms with Gasteiger partial charge < -0.3 is 5.32 Å². The Kier molecular flexibility index (Phi) is 5.24. The molecule has 1 aromatic carbocycles. The van der Waals surface area contributed by atoms with Gasteiger partial charge in [0.05, 0.1) is 11.4 Å². The van der Waals surface area contributed by atoms with Gasteiger partial charge in [0.25, 0.3) is 0 Å². The molecule has 0 aliphatic heterocycles. The van der Waals surface area contributed by atoms with Gasteiger partial charge in [0.1, 0.15) is 0 Å². The van der Waals surface area contributed by atoms with Gasteiger partial charge in [-0.2, -0.15) is 4.31 Å². The standard InChI is InChI=1S/C14H19ClN2O3S/c1-17(10-14(18)16-12-4-2-3-5-12)21(19,20)13-8-6-11(15)7-9-13/h6-9,12H,2-5,10H2,1H3,(H,16,18). The average molecular weight is 331 g/mol. The lowest BCUT2D eigenvalue weighted by molar-refractivity contribution is -0.121. The van der Waals surface area contributed by atoms with Crippen LogP contribution in [0.5, 0.6) is 0 Å². The lowest BCUT2D eigenvalue weighted by atomic mass is 10.2. The smallest absolute Gasteiger partial charge is 0.243 e. The Bertz CT molecular complexity index is 595. The van der Waals surface area contributed by atoms with Crippen LogP contribution in [0, 0.1) is 0 Å². The van der Waals surface area contributed by atoms with Crippen LogP contribution in [0.3, 0.4) is 0 Å². The molecule has 116 valence electrons. The molecule has 1 aromatic rings. The highest BCUT2D eigenvalue weighted by atomic mass is 35.5. The van der Waals surface area contributed by atoms with Gasteiger partial charge in [-0.25, -0.2) is 8.42 Å². The van der Waals surface area contributed by atoms with Gasteiger partial charge in [-0.3, -0.25) is 4.79 Å². The van der Waals surface area contributed by atoms with E-state index in [-0.39, 0.29) is 23.4 Å². The van der Waals surface area contributed by atoms with E-state index in [9.17, 15) is 13.2 Å². The fourth-order valence-corrected chi connectivity index (χ4v) is 3.67. The zero-order valence-corrected chi connectivity index (χ0v) is 13.5. The van der Waals surface area contributed by atoms with E-state index in [2.05, 4.69) is 5.32 Å². The van der Waals surface area contributed by atoms with E-state index in [1.54, 1.807) is 0 Å². The third-order valence-corrected chi connectivity index (χ3v) is 5.68. The van der Waals surface area contributed by atoms with Crippen LogP contribution in [0.15, 0.2) is 29.2 Å². The first-order chi connectivity index (χ1) is 9.89. The Labute approximate surface area is 130 Å². The second-order valence-electron chi connectivity index (χ2n) is 5.26. The number of benzene rings is 1. The highest BCUT2D eigenvalue weighted by Gasteiger charge is 2.24. The molecule has 1 saturated carbocycles. The van der Waals surface area contributed by atoms with E-state index >= 15 is 0 Å². The summed E-state index contributed by atoms with van der Waals surface area (Å²) in [5.41, 5.74) is 0. The number of hydrogen-bond donors (Lipinski definition) is 1. The van der Waals surface area contributed by atoms with Crippen LogP contribution in [0.2, 0.25) is 5.02 Å². The summed E-state index contributed by atoms with van der Waals surface area (Å²) < 4.78 is 25.7. The second-order valence-corrected chi connectivity index (χ2v) is 7.75. The highest BCUT2D eigenvalue weighted by molar-refractivity contribution is 7.89. The number of hydrogen-bond acceptors (Lipinski definition) is 3. The normalized spacial score (nSPS) is 16.3. The van der Waals surface area contributed by atoms with Gasteiger partial charge >= 0.3 is 0 Å². The van der Waals surface area contributed by atoms with Crippen LogP contribution in [0.1, 0.15) is 25.7 Å². The molecule has 0 spiro atoms. The maximum atomic E-state index is 12.3. The molecule has 1 N–H and O–H groups in total. The minimum atomic E-state index is -3.67. The maximum absolute atomic E-state index is 12.3. The van der Waals surface area contributed by atoms with Crippen molar-refractivity contribution in [1.29, 1.82) is 0 Å². The van der Waals surface area contributed by atoms with Crippen molar-refractivity contribution < 1.29 is 13.2 Å². The Morgan fingerprint density at radius 1 is 1.29 bits per heavy atom. The molecule has 21 heavy (non-hydrogen) atoms. The van der Waals surface area contributed by atoms with E-state index in [1.807, 2.05) is 0 Å². The molecule has 0 aromatic heterocycles. The van der Waals surface area contributed by atoms with Crippen LogP contribution < -0.4 is 5.32 Å². The summed E-state index contributed by atoms with van der Waals surface area (Å²) in [5, 5.41) is 3.34. The Balaban J connectivity index is 1.99. The van der Waals surface area contributed by atoms with Crippen molar-refractivity contribution in [2.75, 3.05) is 13.6 Å². The van der Waals surface area contributed by atoms with Crippen molar-refractivity contribution in [3.8, 4) is 0 Å². The first-order valence-electron chi connectivity index (χ1n) is 6.91. The lowest BCUT2D eigenvalue weighted by Gasteiger charge is -2.18. The summed E-state index contributed by atoms with van der Waals surface area (Å²) in [6.07, 6.45) is 4.17. The molecule has 1 amide bonds. The number of rotatable bonds is 5. The molecule has 1 aliphatic rings. The van der Waals surface area contributed by atoms with Crippen molar-refractivity contribution >= 4 is 27.5 Å². The SMILES string of the molecule is CN(CC(=O)NC1CCCC1)S(=O)(=O)c1ccc(Cl)cc1. The Morgan fingerprint density at radius 2 is 1.86 bits per heavy atom. The average Bonchev–Trinajstić information content (AvgIpc) is 2.91. The molecular formula is C14H19ClN2O3S. The fraction of sp³-hybridized carbons (Fsp3) is 0.500. The number of amides is 1. The summed E-state index contributed by atoms with van der Waals surface area (Å²) >= 11 is 5.75. The number of carbonyl (C=O) groups excluding carboxylic acids is 1. The fourth-order valence-electron chi connectivity index (χ4n) is 2.42. The number of sulfonamides is 1. The van der Waals surface area contributed by atoms with Gasteiger partial charge in [-0.15, -0.1) is 0 Å². The van der Waals surface area contributed by atoms with Crippen LogP contribution in [0.4, 0.5) is 0 Å². The predicted molar refractivity (Wildman–Crippen MR) is 81.7 cm³/mol.